The summed E-state index contributed by atoms with van der Waals surface area (Å²) in [6, 6.07) is 7.17. The summed E-state index contributed by atoms with van der Waals surface area (Å²) in [6.07, 6.45) is 4.61. The van der Waals surface area contributed by atoms with Crippen LogP contribution in [0.5, 0.6) is 0 Å². The van der Waals surface area contributed by atoms with Crippen LogP contribution >= 0.6 is 0 Å². The molecule has 0 radical (unpaired) electrons. The molecule has 1 aromatic heterocycles. The predicted octanol–water partition coefficient (Wildman–Crippen LogP) is 3.29. The summed E-state index contributed by atoms with van der Waals surface area (Å²) in [5, 5.41) is 4.29. The van der Waals surface area contributed by atoms with E-state index in [4.69, 9.17) is 0 Å². The number of aromatic nitrogens is 1. The normalized spacial score (nSPS) is 12.3. The van der Waals surface area contributed by atoms with Gasteiger partial charge in [0.25, 0.3) is 5.56 Å². The number of unbranched alkanes of at least 4 members (excludes halogenated alkanes) is 1. The van der Waals surface area contributed by atoms with Gasteiger partial charge in [-0.3, -0.25) is 9.59 Å². The van der Waals surface area contributed by atoms with Gasteiger partial charge in [0.15, 0.2) is 0 Å². The van der Waals surface area contributed by atoms with E-state index in [9.17, 15) is 9.59 Å². The second-order valence-corrected chi connectivity index (χ2v) is 5.11. The molecule has 20 heavy (non-hydrogen) atoms. The van der Waals surface area contributed by atoms with Gasteiger partial charge in [0.2, 0.25) is 5.91 Å². The van der Waals surface area contributed by atoms with Gasteiger partial charge in [-0.25, -0.2) is 0 Å². The van der Waals surface area contributed by atoms with Crippen molar-refractivity contribution in [2.24, 2.45) is 5.92 Å². The number of benzene rings is 1. The van der Waals surface area contributed by atoms with Crippen LogP contribution in [0.15, 0.2) is 35.3 Å². The van der Waals surface area contributed by atoms with Crippen molar-refractivity contribution in [3.8, 4) is 0 Å². The summed E-state index contributed by atoms with van der Waals surface area (Å²) in [4.78, 5) is 26.5. The number of aromatic amines is 1. The Balaban J connectivity index is 2.24. The number of H-pyrrole nitrogens is 1. The molecule has 0 saturated heterocycles. The second kappa shape index (κ2) is 6.37. The molecule has 4 nitrogen and oxygen atoms in total. The van der Waals surface area contributed by atoms with Crippen LogP contribution in [-0.2, 0) is 4.79 Å². The quantitative estimate of drug-likeness (QED) is 0.877. The number of carbonyl (C=O) groups excluding carboxylic acids is 1. The summed E-state index contributed by atoms with van der Waals surface area (Å²) in [6.45, 7) is 4.05. The molecule has 0 aliphatic rings. The highest BCUT2D eigenvalue weighted by molar-refractivity contribution is 6.02. The van der Waals surface area contributed by atoms with Gasteiger partial charge in [-0.1, -0.05) is 32.8 Å². The zero-order chi connectivity index (χ0) is 14.5. The van der Waals surface area contributed by atoms with E-state index in [0.717, 1.165) is 24.6 Å². The van der Waals surface area contributed by atoms with Crippen LogP contribution in [0, 0.1) is 5.92 Å². The van der Waals surface area contributed by atoms with Crippen LogP contribution in [0.2, 0.25) is 0 Å². The van der Waals surface area contributed by atoms with Gasteiger partial charge in [0, 0.05) is 28.6 Å². The Morgan fingerprint density at radius 1 is 1.30 bits per heavy atom. The Kier molecular flexibility index (Phi) is 4.56. The molecule has 0 unspecified atom stereocenters. The van der Waals surface area contributed by atoms with Crippen LogP contribution in [0.1, 0.15) is 33.1 Å². The second-order valence-electron chi connectivity index (χ2n) is 5.11. The van der Waals surface area contributed by atoms with Crippen LogP contribution < -0.4 is 10.9 Å². The first-order valence-electron chi connectivity index (χ1n) is 7.04. The van der Waals surface area contributed by atoms with Gasteiger partial charge < -0.3 is 10.3 Å². The van der Waals surface area contributed by atoms with Crippen LogP contribution in [0.3, 0.4) is 0 Å². The predicted molar refractivity (Wildman–Crippen MR) is 81.9 cm³/mol. The molecule has 1 amide bonds. The minimum Gasteiger partial charge on any atom is -0.329 e. The first-order chi connectivity index (χ1) is 9.63. The lowest BCUT2D eigenvalue weighted by Crippen LogP contribution is -2.20. The molecular weight excluding hydrogens is 252 g/mol. The van der Waals surface area contributed by atoms with Gasteiger partial charge in [-0.05, 0) is 24.6 Å². The summed E-state index contributed by atoms with van der Waals surface area (Å²) < 4.78 is 0. The fraction of sp³-hybridized carbons (Fsp3) is 0.375. The zero-order valence-electron chi connectivity index (χ0n) is 11.9. The average molecular weight is 272 g/mol. The average Bonchev–Trinajstić information content (AvgIpc) is 2.45. The summed E-state index contributed by atoms with van der Waals surface area (Å²) >= 11 is 0. The number of hydrogen-bond donors (Lipinski definition) is 2. The van der Waals surface area contributed by atoms with E-state index in [-0.39, 0.29) is 17.4 Å². The van der Waals surface area contributed by atoms with Crippen molar-refractivity contribution < 1.29 is 4.79 Å². The molecule has 0 aliphatic carbocycles. The number of hydrogen-bond acceptors (Lipinski definition) is 2. The van der Waals surface area contributed by atoms with Crippen molar-refractivity contribution in [3.05, 3.63) is 40.8 Å². The Labute approximate surface area is 118 Å². The fourth-order valence-electron chi connectivity index (χ4n) is 2.23. The number of amides is 1. The lowest BCUT2D eigenvalue weighted by atomic mass is 10.0. The molecular formula is C16H20N2O2. The number of pyridine rings is 1. The lowest BCUT2D eigenvalue weighted by molar-refractivity contribution is -0.119. The minimum absolute atomic E-state index is 0.00577. The maximum Gasteiger partial charge on any atom is 0.255 e. The molecule has 4 heteroatoms. The van der Waals surface area contributed by atoms with Crippen LogP contribution in [0.25, 0.3) is 10.8 Å². The Bertz CT molecular complexity index is 661. The summed E-state index contributed by atoms with van der Waals surface area (Å²) in [7, 11) is 0. The molecule has 0 spiro atoms. The number of anilines is 1. The standard InChI is InChI=1S/C16H20N2O2/c1-3-4-6-11(2)15(19)18-14-8-5-7-13-12(14)9-10-17-16(13)20/h5,7-11H,3-4,6H2,1-2H3,(H,17,20)(H,18,19)/t11-/m0/s1. The number of rotatable bonds is 5. The van der Waals surface area contributed by atoms with Crippen molar-refractivity contribution in [2.45, 2.75) is 33.1 Å². The van der Waals surface area contributed by atoms with Crippen LogP contribution in [0.4, 0.5) is 5.69 Å². The highest BCUT2D eigenvalue weighted by atomic mass is 16.2. The van der Waals surface area contributed by atoms with Crippen molar-refractivity contribution in [1.82, 2.24) is 4.98 Å². The topological polar surface area (TPSA) is 62.0 Å². The summed E-state index contributed by atoms with van der Waals surface area (Å²) in [5.74, 6) is -0.0153. The van der Waals surface area contributed by atoms with E-state index >= 15 is 0 Å². The molecule has 2 rings (SSSR count). The molecule has 0 aliphatic heterocycles. The van der Waals surface area contributed by atoms with Crippen molar-refractivity contribution in [1.29, 1.82) is 0 Å². The molecule has 2 N–H and O–H groups in total. The fourth-order valence-corrected chi connectivity index (χ4v) is 2.23. The lowest BCUT2D eigenvalue weighted by Gasteiger charge is -2.13. The monoisotopic (exact) mass is 272 g/mol. The SMILES string of the molecule is CCCC[C@H](C)C(=O)Nc1cccc2c(=O)[nH]ccc12. The largest absolute Gasteiger partial charge is 0.329 e. The molecule has 0 fully saturated rings. The number of fused-ring (bicyclic) bond motifs is 1. The third-order valence-corrected chi connectivity index (χ3v) is 3.51. The molecule has 2 aromatic rings. The maximum absolute atomic E-state index is 12.1. The van der Waals surface area contributed by atoms with Crippen molar-refractivity contribution in [2.75, 3.05) is 5.32 Å². The molecule has 1 atom stereocenters. The molecule has 106 valence electrons. The van der Waals surface area contributed by atoms with Crippen LogP contribution in [-0.4, -0.2) is 10.9 Å². The first kappa shape index (κ1) is 14.3. The van der Waals surface area contributed by atoms with E-state index in [1.807, 2.05) is 19.1 Å². The highest BCUT2D eigenvalue weighted by Gasteiger charge is 2.13. The Morgan fingerprint density at radius 3 is 2.85 bits per heavy atom. The van der Waals surface area contributed by atoms with E-state index in [2.05, 4.69) is 17.2 Å². The smallest absolute Gasteiger partial charge is 0.255 e. The van der Waals surface area contributed by atoms with Gasteiger partial charge in [0.1, 0.15) is 0 Å². The Hall–Kier alpha value is -2.10. The third kappa shape index (κ3) is 3.07. The Morgan fingerprint density at radius 2 is 2.10 bits per heavy atom. The molecule has 0 saturated carbocycles. The number of nitrogens with one attached hydrogen (secondary N) is 2. The zero-order valence-corrected chi connectivity index (χ0v) is 11.9. The van der Waals surface area contributed by atoms with E-state index in [1.54, 1.807) is 18.3 Å². The van der Waals surface area contributed by atoms with Gasteiger partial charge in [0.05, 0.1) is 0 Å². The van der Waals surface area contributed by atoms with E-state index < -0.39 is 0 Å². The first-order valence-corrected chi connectivity index (χ1v) is 7.04. The van der Waals surface area contributed by atoms with Gasteiger partial charge in [-0.2, -0.15) is 0 Å². The highest BCUT2D eigenvalue weighted by Crippen LogP contribution is 2.21. The van der Waals surface area contributed by atoms with Crippen molar-refractivity contribution >= 4 is 22.4 Å². The number of carbonyl (C=O) groups is 1. The molecule has 0 bridgehead atoms. The van der Waals surface area contributed by atoms with E-state index in [1.165, 1.54) is 0 Å². The summed E-state index contributed by atoms with van der Waals surface area (Å²) in [5.41, 5.74) is 0.555. The molecule has 1 heterocycles. The van der Waals surface area contributed by atoms with Crippen molar-refractivity contribution in [3.63, 3.8) is 0 Å². The maximum atomic E-state index is 12.1. The van der Waals surface area contributed by atoms with E-state index in [0.29, 0.717) is 11.1 Å². The molecule has 1 aromatic carbocycles. The minimum atomic E-state index is -0.141. The third-order valence-electron chi connectivity index (χ3n) is 3.51. The van der Waals surface area contributed by atoms with Gasteiger partial charge in [-0.15, -0.1) is 0 Å². The van der Waals surface area contributed by atoms with Gasteiger partial charge >= 0.3 is 0 Å².